The molecule has 1 unspecified atom stereocenters. The van der Waals surface area contributed by atoms with Crippen LogP contribution >= 0.6 is 0 Å². The first kappa shape index (κ1) is 14.5. The third kappa shape index (κ3) is 3.02. The Bertz CT molecular complexity index is 688. The third-order valence-electron chi connectivity index (χ3n) is 4.20. The Morgan fingerprint density at radius 3 is 2.87 bits per heavy atom. The van der Waals surface area contributed by atoms with Crippen LogP contribution in [0.5, 0.6) is 11.5 Å². The maximum atomic E-state index is 5.85. The molecule has 3 heterocycles. The molecule has 0 bridgehead atoms. The minimum absolute atomic E-state index is 0.0338. The number of hydrogen-bond acceptors (Lipinski definition) is 6. The lowest BCUT2D eigenvalue weighted by atomic mass is 10.1. The normalized spacial score (nSPS) is 21.3. The fourth-order valence-electron chi connectivity index (χ4n) is 3.03. The zero-order valence-electron chi connectivity index (χ0n) is 13.1. The summed E-state index contributed by atoms with van der Waals surface area (Å²) in [6.07, 6.45) is 1.67. The van der Waals surface area contributed by atoms with Crippen molar-refractivity contribution in [2.45, 2.75) is 12.6 Å². The SMILES string of the molecule is Cn1cnnc1C1CN(Cc2ccc3c(c2)OCCO3)CCO1. The zero-order valence-corrected chi connectivity index (χ0v) is 13.1. The Hall–Kier alpha value is -2.12. The van der Waals surface area contributed by atoms with Gasteiger partial charge in [-0.3, -0.25) is 4.90 Å². The molecule has 0 N–H and O–H groups in total. The number of benzene rings is 1. The van der Waals surface area contributed by atoms with Gasteiger partial charge in [-0.15, -0.1) is 10.2 Å². The topological polar surface area (TPSA) is 61.6 Å². The highest BCUT2D eigenvalue weighted by atomic mass is 16.6. The lowest BCUT2D eigenvalue weighted by Crippen LogP contribution is -2.38. The van der Waals surface area contributed by atoms with Gasteiger partial charge in [0.05, 0.1) is 6.61 Å². The minimum Gasteiger partial charge on any atom is -0.486 e. The quantitative estimate of drug-likeness (QED) is 0.847. The van der Waals surface area contributed by atoms with Crippen LogP contribution in [-0.4, -0.2) is 52.6 Å². The molecule has 122 valence electrons. The Labute approximate surface area is 134 Å². The van der Waals surface area contributed by atoms with E-state index < -0.39 is 0 Å². The molecule has 2 aliphatic rings. The number of nitrogens with zero attached hydrogens (tertiary/aromatic N) is 4. The van der Waals surface area contributed by atoms with Gasteiger partial charge in [0.2, 0.25) is 0 Å². The van der Waals surface area contributed by atoms with E-state index in [0.717, 1.165) is 37.0 Å². The molecule has 1 fully saturated rings. The maximum Gasteiger partial charge on any atom is 0.163 e. The molecule has 1 aromatic heterocycles. The maximum absolute atomic E-state index is 5.85. The van der Waals surface area contributed by atoms with E-state index in [4.69, 9.17) is 14.2 Å². The van der Waals surface area contributed by atoms with Gasteiger partial charge in [0.25, 0.3) is 0 Å². The van der Waals surface area contributed by atoms with Gasteiger partial charge in [0, 0.05) is 26.7 Å². The van der Waals surface area contributed by atoms with Crippen LogP contribution in [0, 0.1) is 0 Å². The lowest BCUT2D eigenvalue weighted by Gasteiger charge is -2.32. The number of ether oxygens (including phenoxy) is 3. The van der Waals surface area contributed by atoms with Gasteiger partial charge in [0.1, 0.15) is 25.6 Å². The van der Waals surface area contributed by atoms with Crippen molar-refractivity contribution in [1.82, 2.24) is 19.7 Å². The van der Waals surface area contributed by atoms with Gasteiger partial charge in [-0.1, -0.05) is 6.07 Å². The summed E-state index contributed by atoms with van der Waals surface area (Å²) in [5.41, 5.74) is 1.22. The number of morpholine rings is 1. The number of hydrogen-bond donors (Lipinski definition) is 0. The molecule has 0 amide bonds. The van der Waals surface area contributed by atoms with Crippen LogP contribution in [0.3, 0.4) is 0 Å². The van der Waals surface area contributed by atoms with Crippen molar-refractivity contribution in [2.24, 2.45) is 7.05 Å². The second kappa shape index (κ2) is 6.17. The molecular formula is C16H20N4O3. The number of aryl methyl sites for hydroxylation is 1. The van der Waals surface area contributed by atoms with Gasteiger partial charge < -0.3 is 18.8 Å². The summed E-state index contributed by atoms with van der Waals surface area (Å²) in [5, 5.41) is 8.10. The van der Waals surface area contributed by atoms with E-state index in [1.54, 1.807) is 6.33 Å². The van der Waals surface area contributed by atoms with Gasteiger partial charge in [-0.25, -0.2) is 0 Å². The van der Waals surface area contributed by atoms with Crippen LogP contribution in [0.4, 0.5) is 0 Å². The first-order valence-electron chi connectivity index (χ1n) is 7.86. The number of rotatable bonds is 3. The van der Waals surface area contributed by atoms with Gasteiger partial charge in [-0.05, 0) is 17.7 Å². The van der Waals surface area contributed by atoms with Crippen molar-refractivity contribution < 1.29 is 14.2 Å². The molecule has 2 aliphatic heterocycles. The van der Waals surface area contributed by atoms with Gasteiger partial charge in [0.15, 0.2) is 17.3 Å². The van der Waals surface area contributed by atoms with E-state index in [1.165, 1.54) is 5.56 Å². The summed E-state index contributed by atoms with van der Waals surface area (Å²) in [6.45, 7) is 4.50. The molecule has 2 aromatic rings. The van der Waals surface area contributed by atoms with Crippen molar-refractivity contribution in [3.05, 3.63) is 35.9 Å². The Morgan fingerprint density at radius 2 is 2.04 bits per heavy atom. The summed E-state index contributed by atoms with van der Waals surface area (Å²) in [6, 6.07) is 6.16. The zero-order chi connectivity index (χ0) is 15.6. The predicted molar refractivity (Wildman–Crippen MR) is 82.4 cm³/mol. The molecule has 23 heavy (non-hydrogen) atoms. The van der Waals surface area contributed by atoms with E-state index in [0.29, 0.717) is 19.8 Å². The fourth-order valence-corrected chi connectivity index (χ4v) is 3.03. The van der Waals surface area contributed by atoms with Crippen LogP contribution in [0.2, 0.25) is 0 Å². The largest absolute Gasteiger partial charge is 0.486 e. The van der Waals surface area contributed by atoms with Crippen molar-refractivity contribution >= 4 is 0 Å². The molecule has 0 aliphatic carbocycles. The van der Waals surface area contributed by atoms with Crippen LogP contribution in [-0.2, 0) is 18.3 Å². The molecule has 1 aromatic carbocycles. The molecule has 7 nitrogen and oxygen atoms in total. The molecule has 1 atom stereocenters. The summed E-state index contributed by atoms with van der Waals surface area (Å²) in [5.74, 6) is 2.54. The van der Waals surface area contributed by atoms with Crippen LogP contribution in [0.15, 0.2) is 24.5 Å². The van der Waals surface area contributed by atoms with E-state index in [9.17, 15) is 0 Å². The summed E-state index contributed by atoms with van der Waals surface area (Å²) < 4.78 is 19.0. The highest BCUT2D eigenvalue weighted by molar-refractivity contribution is 5.43. The Morgan fingerprint density at radius 1 is 1.17 bits per heavy atom. The molecular weight excluding hydrogens is 296 g/mol. The third-order valence-corrected chi connectivity index (χ3v) is 4.20. The predicted octanol–water partition coefficient (Wildman–Crippen LogP) is 1.16. The van der Waals surface area contributed by atoms with Crippen molar-refractivity contribution in [3.63, 3.8) is 0 Å². The van der Waals surface area contributed by atoms with Crippen molar-refractivity contribution in [3.8, 4) is 11.5 Å². The van der Waals surface area contributed by atoms with E-state index in [2.05, 4.69) is 27.2 Å². The fraction of sp³-hybridized carbons (Fsp3) is 0.500. The monoisotopic (exact) mass is 316 g/mol. The molecule has 0 radical (unpaired) electrons. The first-order chi connectivity index (χ1) is 11.3. The molecule has 0 spiro atoms. The van der Waals surface area contributed by atoms with Crippen LogP contribution < -0.4 is 9.47 Å². The molecule has 4 rings (SSSR count). The van der Waals surface area contributed by atoms with E-state index in [-0.39, 0.29) is 6.10 Å². The van der Waals surface area contributed by atoms with Crippen LogP contribution in [0.25, 0.3) is 0 Å². The standard InChI is InChI=1S/C16H20N4O3/c1-19-11-17-18-16(19)15-10-20(4-5-21-15)9-12-2-3-13-14(8-12)23-7-6-22-13/h2-3,8,11,15H,4-7,9-10H2,1H3. The van der Waals surface area contributed by atoms with Gasteiger partial charge >= 0.3 is 0 Å². The second-order valence-corrected chi connectivity index (χ2v) is 5.87. The summed E-state index contributed by atoms with van der Waals surface area (Å²) >= 11 is 0. The van der Waals surface area contributed by atoms with Crippen molar-refractivity contribution in [2.75, 3.05) is 32.9 Å². The second-order valence-electron chi connectivity index (χ2n) is 5.87. The average Bonchev–Trinajstić information content (AvgIpc) is 3.01. The van der Waals surface area contributed by atoms with Crippen molar-refractivity contribution in [1.29, 1.82) is 0 Å². The minimum atomic E-state index is -0.0338. The average molecular weight is 316 g/mol. The number of fused-ring (bicyclic) bond motifs is 1. The molecule has 1 saturated heterocycles. The first-order valence-corrected chi connectivity index (χ1v) is 7.86. The van der Waals surface area contributed by atoms with E-state index in [1.807, 2.05) is 17.7 Å². The van der Waals surface area contributed by atoms with Crippen LogP contribution in [0.1, 0.15) is 17.5 Å². The summed E-state index contributed by atoms with van der Waals surface area (Å²) in [7, 11) is 1.94. The Balaban J connectivity index is 1.45. The van der Waals surface area contributed by atoms with Gasteiger partial charge in [-0.2, -0.15) is 0 Å². The Kier molecular flexibility index (Phi) is 3.88. The summed E-state index contributed by atoms with van der Waals surface area (Å²) in [4.78, 5) is 2.37. The van der Waals surface area contributed by atoms with E-state index >= 15 is 0 Å². The lowest BCUT2D eigenvalue weighted by molar-refractivity contribution is -0.0385. The molecule has 0 saturated carbocycles. The number of aromatic nitrogens is 3. The smallest absolute Gasteiger partial charge is 0.163 e. The highest BCUT2D eigenvalue weighted by Crippen LogP contribution is 2.31. The molecule has 7 heteroatoms. The highest BCUT2D eigenvalue weighted by Gasteiger charge is 2.25.